The van der Waals surface area contributed by atoms with Crippen LogP contribution < -0.4 is 5.32 Å². The molecule has 5 heteroatoms. The molecule has 4 rings (SSSR count). The molecule has 1 spiro atoms. The maximum atomic E-state index is 12.2. The molecule has 1 aromatic carbocycles. The molecule has 134 valence electrons. The summed E-state index contributed by atoms with van der Waals surface area (Å²) in [5.41, 5.74) is 0.583. The van der Waals surface area contributed by atoms with Crippen molar-refractivity contribution in [1.82, 2.24) is 10.2 Å². The lowest BCUT2D eigenvalue weighted by Gasteiger charge is -2.54. The first-order chi connectivity index (χ1) is 12.2. The smallest absolute Gasteiger partial charge is 0.251 e. The van der Waals surface area contributed by atoms with Crippen LogP contribution in [0.2, 0.25) is 0 Å². The van der Waals surface area contributed by atoms with E-state index >= 15 is 0 Å². The third kappa shape index (κ3) is 3.43. The molecule has 0 bridgehead atoms. The molecule has 3 aliphatic rings. The highest BCUT2D eigenvalue weighted by atomic mass is 16.5. The van der Waals surface area contributed by atoms with Gasteiger partial charge < -0.3 is 15.0 Å². The van der Waals surface area contributed by atoms with Crippen LogP contribution in [-0.2, 0) is 9.53 Å². The first-order valence-electron chi connectivity index (χ1n) is 9.41. The molecule has 0 aromatic heterocycles. The van der Waals surface area contributed by atoms with Crippen LogP contribution in [0.25, 0.3) is 0 Å². The van der Waals surface area contributed by atoms with Crippen molar-refractivity contribution in [3.8, 4) is 0 Å². The van der Waals surface area contributed by atoms with Crippen molar-refractivity contribution in [2.24, 2.45) is 11.8 Å². The molecular formula is C20H26N2O3. The third-order valence-electron chi connectivity index (χ3n) is 5.94. The van der Waals surface area contributed by atoms with E-state index in [2.05, 4.69) is 5.32 Å². The van der Waals surface area contributed by atoms with Crippen molar-refractivity contribution in [2.45, 2.75) is 37.7 Å². The molecule has 1 atom stereocenters. The molecule has 3 fully saturated rings. The number of rotatable bonds is 4. The minimum Gasteiger partial charge on any atom is -0.371 e. The van der Waals surface area contributed by atoms with Gasteiger partial charge in [0.05, 0.1) is 19.7 Å². The molecule has 1 saturated carbocycles. The molecule has 25 heavy (non-hydrogen) atoms. The fourth-order valence-corrected chi connectivity index (χ4v) is 3.97. The SMILES string of the molecule is O=C(NCC1CCC2(CN(C(=O)C3CCC3)C2)OC1)c1ccccc1. The van der Waals surface area contributed by atoms with Gasteiger partial charge in [-0.2, -0.15) is 0 Å². The van der Waals surface area contributed by atoms with Gasteiger partial charge in [0.15, 0.2) is 0 Å². The van der Waals surface area contributed by atoms with E-state index in [0.29, 0.717) is 30.5 Å². The highest BCUT2D eigenvalue weighted by Gasteiger charge is 2.49. The number of benzene rings is 1. The summed E-state index contributed by atoms with van der Waals surface area (Å²) in [5.74, 6) is 0.941. The van der Waals surface area contributed by atoms with Crippen molar-refractivity contribution in [1.29, 1.82) is 0 Å². The molecular weight excluding hydrogens is 316 g/mol. The van der Waals surface area contributed by atoms with Crippen LogP contribution in [0, 0.1) is 11.8 Å². The molecule has 2 heterocycles. The quantitative estimate of drug-likeness (QED) is 0.913. The normalized spacial score (nSPS) is 25.1. The summed E-state index contributed by atoms with van der Waals surface area (Å²) >= 11 is 0. The predicted octanol–water partition coefficient (Wildman–Crippen LogP) is 2.22. The van der Waals surface area contributed by atoms with E-state index in [4.69, 9.17) is 4.74 Å². The van der Waals surface area contributed by atoms with Gasteiger partial charge in [0, 0.05) is 18.0 Å². The topological polar surface area (TPSA) is 58.6 Å². The van der Waals surface area contributed by atoms with Crippen LogP contribution in [0.4, 0.5) is 0 Å². The monoisotopic (exact) mass is 342 g/mol. The number of hydrogen-bond acceptors (Lipinski definition) is 3. The van der Waals surface area contributed by atoms with E-state index in [1.807, 2.05) is 35.2 Å². The number of carbonyl (C=O) groups excluding carboxylic acids is 2. The highest BCUT2D eigenvalue weighted by molar-refractivity contribution is 5.94. The zero-order valence-corrected chi connectivity index (χ0v) is 14.6. The second kappa shape index (κ2) is 6.79. The zero-order chi connectivity index (χ0) is 17.3. The Balaban J connectivity index is 1.19. The van der Waals surface area contributed by atoms with Gasteiger partial charge in [-0.3, -0.25) is 9.59 Å². The minimum absolute atomic E-state index is 0.0261. The van der Waals surface area contributed by atoms with E-state index in [-0.39, 0.29) is 17.4 Å². The first kappa shape index (κ1) is 16.6. The van der Waals surface area contributed by atoms with Crippen molar-refractivity contribution in [2.75, 3.05) is 26.2 Å². The lowest BCUT2D eigenvalue weighted by molar-refractivity contribution is -0.192. The van der Waals surface area contributed by atoms with Crippen LogP contribution in [0.1, 0.15) is 42.5 Å². The van der Waals surface area contributed by atoms with E-state index in [1.165, 1.54) is 6.42 Å². The molecule has 5 nitrogen and oxygen atoms in total. The number of nitrogens with one attached hydrogen (secondary N) is 1. The zero-order valence-electron chi connectivity index (χ0n) is 14.6. The number of likely N-dealkylation sites (tertiary alicyclic amines) is 1. The average molecular weight is 342 g/mol. The van der Waals surface area contributed by atoms with Gasteiger partial charge in [-0.05, 0) is 43.7 Å². The first-order valence-corrected chi connectivity index (χ1v) is 9.41. The summed E-state index contributed by atoms with van der Waals surface area (Å²) in [6.45, 7) is 2.83. The summed E-state index contributed by atoms with van der Waals surface area (Å²) in [7, 11) is 0. The van der Waals surface area contributed by atoms with E-state index < -0.39 is 0 Å². The Kier molecular flexibility index (Phi) is 4.50. The Labute approximate surface area is 148 Å². The molecule has 2 saturated heterocycles. The van der Waals surface area contributed by atoms with Crippen LogP contribution in [0.15, 0.2) is 30.3 Å². The second-order valence-electron chi connectivity index (χ2n) is 7.80. The fraction of sp³-hybridized carbons (Fsp3) is 0.600. The molecule has 1 N–H and O–H groups in total. The molecule has 1 aromatic rings. The van der Waals surface area contributed by atoms with Crippen LogP contribution >= 0.6 is 0 Å². The van der Waals surface area contributed by atoms with Crippen molar-refractivity contribution >= 4 is 11.8 Å². The van der Waals surface area contributed by atoms with Gasteiger partial charge in [-0.25, -0.2) is 0 Å². The summed E-state index contributed by atoms with van der Waals surface area (Å²) in [4.78, 5) is 26.3. The summed E-state index contributed by atoms with van der Waals surface area (Å²) < 4.78 is 6.12. The van der Waals surface area contributed by atoms with Crippen molar-refractivity contribution in [3.63, 3.8) is 0 Å². The molecule has 1 aliphatic carbocycles. The Bertz CT molecular complexity index is 626. The molecule has 2 aliphatic heterocycles. The van der Waals surface area contributed by atoms with Crippen molar-refractivity contribution in [3.05, 3.63) is 35.9 Å². The van der Waals surface area contributed by atoms with Gasteiger partial charge >= 0.3 is 0 Å². The Morgan fingerprint density at radius 3 is 2.52 bits per heavy atom. The van der Waals surface area contributed by atoms with Crippen LogP contribution in [0.5, 0.6) is 0 Å². The van der Waals surface area contributed by atoms with Gasteiger partial charge in [0.2, 0.25) is 5.91 Å². The fourth-order valence-electron chi connectivity index (χ4n) is 3.97. The van der Waals surface area contributed by atoms with Gasteiger partial charge in [0.25, 0.3) is 5.91 Å². The maximum absolute atomic E-state index is 12.2. The Morgan fingerprint density at radius 2 is 1.92 bits per heavy atom. The highest BCUT2D eigenvalue weighted by Crippen LogP contribution is 2.38. The summed E-state index contributed by atoms with van der Waals surface area (Å²) in [6.07, 6.45) is 5.34. The Hall–Kier alpha value is -1.88. The van der Waals surface area contributed by atoms with Gasteiger partial charge in [-0.15, -0.1) is 0 Å². The number of ether oxygens (including phenoxy) is 1. The average Bonchev–Trinajstić information content (AvgIpc) is 2.57. The second-order valence-corrected chi connectivity index (χ2v) is 7.80. The van der Waals surface area contributed by atoms with Gasteiger partial charge in [0.1, 0.15) is 5.60 Å². The lowest BCUT2D eigenvalue weighted by Crippen LogP contribution is -2.67. The third-order valence-corrected chi connectivity index (χ3v) is 5.94. The van der Waals surface area contributed by atoms with Crippen molar-refractivity contribution < 1.29 is 14.3 Å². The molecule has 1 unspecified atom stereocenters. The number of hydrogen-bond donors (Lipinski definition) is 1. The lowest BCUT2D eigenvalue weighted by atomic mass is 9.79. The van der Waals surface area contributed by atoms with E-state index in [1.54, 1.807) is 0 Å². The maximum Gasteiger partial charge on any atom is 0.251 e. The summed E-state index contributed by atoms with van der Waals surface area (Å²) in [5, 5.41) is 3.01. The Morgan fingerprint density at radius 1 is 1.16 bits per heavy atom. The molecule has 0 radical (unpaired) electrons. The standard InChI is InChI=1S/C20H26N2O3/c23-18(16-5-2-1-3-6-16)21-11-15-9-10-20(25-12-15)13-22(14-20)19(24)17-7-4-8-17/h1-3,5-6,15,17H,4,7-14H2,(H,21,23). The number of nitrogens with zero attached hydrogens (tertiary/aromatic N) is 1. The number of carbonyl (C=O) groups is 2. The van der Waals surface area contributed by atoms with Gasteiger partial charge in [-0.1, -0.05) is 24.6 Å². The van der Waals surface area contributed by atoms with Crippen LogP contribution in [-0.4, -0.2) is 48.6 Å². The van der Waals surface area contributed by atoms with Crippen LogP contribution in [0.3, 0.4) is 0 Å². The van der Waals surface area contributed by atoms with E-state index in [0.717, 1.165) is 38.8 Å². The molecule has 2 amide bonds. The number of amides is 2. The predicted molar refractivity (Wildman–Crippen MR) is 94.1 cm³/mol. The minimum atomic E-state index is -0.112. The van der Waals surface area contributed by atoms with E-state index in [9.17, 15) is 9.59 Å². The summed E-state index contributed by atoms with van der Waals surface area (Å²) in [6, 6.07) is 9.29. The largest absolute Gasteiger partial charge is 0.371 e.